The van der Waals surface area contributed by atoms with E-state index >= 15 is 0 Å². The van der Waals surface area contributed by atoms with Crippen molar-refractivity contribution < 1.29 is 13.2 Å². The molecule has 0 aliphatic heterocycles. The van der Waals surface area contributed by atoms with Crippen LogP contribution in [0.2, 0.25) is 0 Å². The van der Waals surface area contributed by atoms with Gasteiger partial charge in [0.25, 0.3) is 0 Å². The lowest BCUT2D eigenvalue weighted by Gasteiger charge is -2.11. The average Bonchev–Trinajstić information content (AvgIpc) is 2.59. The fourth-order valence-corrected chi connectivity index (χ4v) is 2.88. The minimum absolute atomic E-state index is 0.134. The minimum atomic E-state index is -3.51. The molecule has 0 radical (unpaired) electrons. The second kappa shape index (κ2) is 7.21. The van der Waals surface area contributed by atoms with Crippen molar-refractivity contribution >= 4 is 21.9 Å². The number of benzene rings is 2. The van der Waals surface area contributed by atoms with Gasteiger partial charge in [-0.2, -0.15) is 5.26 Å². The molecule has 5 nitrogen and oxygen atoms in total. The maximum Gasteiger partial charge on any atom is 0.242 e. The molecule has 0 aromatic heterocycles. The maximum absolute atomic E-state index is 12.2. The first kappa shape index (κ1) is 17.6. The van der Waals surface area contributed by atoms with Gasteiger partial charge < -0.3 is 0 Å². The number of carbonyl (C=O) groups is 1. The fourth-order valence-electron chi connectivity index (χ4n) is 1.98. The summed E-state index contributed by atoms with van der Waals surface area (Å²) in [5.74, 6) is -0.244. The van der Waals surface area contributed by atoms with Crippen LogP contribution in [0.15, 0.2) is 59.5 Å². The summed E-state index contributed by atoms with van der Waals surface area (Å²) in [4.78, 5) is 12.3. The zero-order valence-electron chi connectivity index (χ0n) is 13.3. The van der Waals surface area contributed by atoms with Crippen LogP contribution in [0.5, 0.6) is 0 Å². The second-order valence-electron chi connectivity index (χ2n) is 5.25. The normalized spacial score (nSPS) is 11.6. The van der Waals surface area contributed by atoms with Gasteiger partial charge in [0.2, 0.25) is 10.0 Å². The molecular formula is C18H16N2O3S. The quantitative estimate of drug-likeness (QED) is 0.619. The van der Waals surface area contributed by atoms with E-state index in [1.165, 1.54) is 44.4 Å². The Kier molecular flexibility index (Phi) is 5.29. The van der Waals surface area contributed by atoms with Gasteiger partial charge in [0.05, 0.1) is 16.5 Å². The smallest absolute Gasteiger partial charge is 0.242 e. The third kappa shape index (κ3) is 3.96. The largest absolute Gasteiger partial charge is 0.289 e. The monoisotopic (exact) mass is 340 g/mol. The topological polar surface area (TPSA) is 78.2 Å². The molecule has 0 aliphatic rings. The van der Waals surface area contributed by atoms with Gasteiger partial charge >= 0.3 is 0 Å². The Labute approximate surface area is 141 Å². The molecule has 0 aliphatic carbocycles. The molecule has 24 heavy (non-hydrogen) atoms. The van der Waals surface area contributed by atoms with Crippen LogP contribution in [-0.4, -0.2) is 32.6 Å². The Balaban J connectivity index is 2.19. The lowest BCUT2D eigenvalue weighted by atomic mass is 10.1. The molecule has 0 N–H and O–H groups in total. The van der Waals surface area contributed by atoms with Crippen LogP contribution in [0.3, 0.4) is 0 Å². The van der Waals surface area contributed by atoms with Crippen molar-refractivity contribution in [1.82, 2.24) is 4.31 Å². The Hall–Kier alpha value is -2.75. The van der Waals surface area contributed by atoms with E-state index in [9.17, 15) is 13.2 Å². The molecule has 0 fully saturated rings. The summed E-state index contributed by atoms with van der Waals surface area (Å²) in [6.45, 7) is 0. The lowest BCUT2D eigenvalue weighted by molar-refractivity contribution is 0.104. The van der Waals surface area contributed by atoms with Crippen molar-refractivity contribution in [3.63, 3.8) is 0 Å². The highest BCUT2D eigenvalue weighted by Gasteiger charge is 2.17. The summed E-state index contributed by atoms with van der Waals surface area (Å²) >= 11 is 0. The minimum Gasteiger partial charge on any atom is -0.289 e. The highest BCUT2D eigenvalue weighted by Crippen LogP contribution is 2.15. The molecule has 0 amide bonds. The Morgan fingerprint density at radius 1 is 1.12 bits per heavy atom. The molecule has 2 aromatic carbocycles. The summed E-state index contributed by atoms with van der Waals surface area (Å²) in [5, 5.41) is 8.85. The number of hydrogen-bond donors (Lipinski definition) is 0. The van der Waals surface area contributed by atoms with Crippen molar-refractivity contribution in [3.8, 4) is 6.07 Å². The van der Waals surface area contributed by atoms with Crippen molar-refractivity contribution in [2.45, 2.75) is 4.90 Å². The molecule has 6 heteroatoms. The zero-order valence-corrected chi connectivity index (χ0v) is 14.1. The van der Waals surface area contributed by atoms with Crippen LogP contribution in [0.25, 0.3) is 6.08 Å². The Morgan fingerprint density at radius 2 is 1.79 bits per heavy atom. The van der Waals surface area contributed by atoms with E-state index < -0.39 is 10.0 Å². The highest BCUT2D eigenvalue weighted by molar-refractivity contribution is 7.89. The average molecular weight is 340 g/mol. The van der Waals surface area contributed by atoms with Gasteiger partial charge in [0.1, 0.15) is 0 Å². The first-order chi connectivity index (χ1) is 11.3. The number of carbonyl (C=O) groups excluding carboxylic acids is 1. The predicted molar refractivity (Wildman–Crippen MR) is 91.8 cm³/mol. The van der Waals surface area contributed by atoms with Crippen LogP contribution >= 0.6 is 0 Å². The van der Waals surface area contributed by atoms with Gasteiger partial charge in [-0.05, 0) is 48.0 Å². The summed E-state index contributed by atoms with van der Waals surface area (Å²) in [5.41, 5.74) is 1.65. The molecule has 0 atom stereocenters. The van der Waals surface area contributed by atoms with Crippen molar-refractivity contribution in [2.24, 2.45) is 0 Å². The Bertz CT molecular complexity index is 921. The number of ketones is 1. The van der Waals surface area contributed by atoms with E-state index in [2.05, 4.69) is 0 Å². The number of allylic oxidation sites excluding steroid dienone is 1. The van der Waals surface area contributed by atoms with E-state index in [0.717, 1.165) is 9.87 Å². The lowest BCUT2D eigenvalue weighted by Crippen LogP contribution is -2.22. The Morgan fingerprint density at radius 3 is 2.38 bits per heavy atom. The first-order valence-electron chi connectivity index (χ1n) is 7.10. The van der Waals surface area contributed by atoms with E-state index in [-0.39, 0.29) is 10.7 Å². The van der Waals surface area contributed by atoms with Crippen molar-refractivity contribution in [1.29, 1.82) is 5.26 Å². The SMILES string of the molecule is CN(C)S(=O)(=O)c1ccc(C(=O)/C=C/c2cccc(C#N)c2)cc1. The van der Waals surface area contributed by atoms with E-state index in [0.29, 0.717) is 11.1 Å². The van der Waals surface area contributed by atoms with Gasteiger partial charge in [0, 0.05) is 19.7 Å². The summed E-state index contributed by atoms with van der Waals surface area (Å²) in [6.07, 6.45) is 3.01. The van der Waals surface area contributed by atoms with E-state index in [1.54, 1.807) is 30.3 Å². The molecule has 0 bridgehead atoms. The first-order valence-corrected chi connectivity index (χ1v) is 8.54. The van der Waals surface area contributed by atoms with E-state index in [1.807, 2.05) is 6.07 Å². The molecule has 0 unspecified atom stereocenters. The molecule has 122 valence electrons. The third-order valence-corrected chi connectivity index (χ3v) is 5.19. The summed E-state index contributed by atoms with van der Waals surface area (Å²) < 4.78 is 25.1. The third-order valence-electron chi connectivity index (χ3n) is 3.36. The fraction of sp³-hybridized carbons (Fsp3) is 0.111. The van der Waals surface area contributed by atoms with Crippen molar-refractivity contribution in [3.05, 3.63) is 71.3 Å². The highest BCUT2D eigenvalue weighted by atomic mass is 32.2. The molecule has 0 heterocycles. The number of rotatable bonds is 5. The summed E-state index contributed by atoms with van der Waals surface area (Å²) in [7, 11) is -0.607. The number of nitriles is 1. The number of sulfonamides is 1. The standard InChI is InChI=1S/C18H16N2O3S/c1-20(2)24(22,23)17-9-7-16(8-10-17)18(21)11-6-14-4-3-5-15(12-14)13-19/h3-12H,1-2H3/b11-6+. The predicted octanol–water partition coefficient (Wildman–Crippen LogP) is 2.70. The summed E-state index contributed by atoms with van der Waals surface area (Å²) in [6, 6.07) is 14.7. The van der Waals surface area contributed by atoms with Crippen LogP contribution in [0.1, 0.15) is 21.5 Å². The molecule has 2 aromatic rings. The maximum atomic E-state index is 12.2. The molecule has 0 saturated heterocycles. The van der Waals surface area contributed by atoms with Gasteiger partial charge in [-0.3, -0.25) is 4.79 Å². The van der Waals surface area contributed by atoms with Gasteiger partial charge in [-0.1, -0.05) is 18.2 Å². The van der Waals surface area contributed by atoms with Crippen LogP contribution in [0.4, 0.5) is 0 Å². The molecule has 2 rings (SSSR count). The van der Waals surface area contributed by atoms with Gasteiger partial charge in [-0.25, -0.2) is 12.7 Å². The van der Waals surface area contributed by atoms with Crippen LogP contribution < -0.4 is 0 Å². The molecule has 0 spiro atoms. The van der Waals surface area contributed by atoms with Crippen molar-refractivity contribution in [2.75, 3.05) is 14.1 Å². The second-order valence-corrected chi connectivity index (χ2v) is 7.40. The van der Waals surface area contributed by atoms with Gasteiger partial charge in [-0.15, -0.1) is 0 Å². The van der Waals surface area contributed by atoms with Gasteiger partial charge in [0.15, 0.2) is 5.78 Å². The van der Waals surface area contributed by atoms with Crippen LogP contribution in [-0.2, 0) is 10.0 Å². The molecular weight excluding hydrogens is 324 g/mol. The van der Waals surface area contributed by atoms with E-state index in [4.69, 9.17) is 5.26 Å². The zero-order chi connectivity index (χ0) is 17.7. The van der Waals surface area contributed by atoms with Crippen LogP contribution in [0, 0.1) is 11.3 Å². The number of hydrogen-bond acceptors (Lipinski definition) is 4. The number of nitrogens with zero attached hydrogens (tertiary/aromatic N) is 2. The molecule has 0 saturated carbocycles.